The second-order valence-corrected chi connectivity index (χ2v) is 5.58. The summed E-state index contributed by atoms with van der Waals surface area (Å²) in [5, 5.41) is 13.3. The van der Waals surface area contributed by atoms with Gasteiger partial charge in [-0.2, -0.15) is 0 Å². The van der Waals surface area contributed by atoms with Gasteiger partial charge >= 0.3 is 0 Å². The van der Waals surface area contributed by atoms with E-state index in [2.05, 4.69) is 17.4 Å². The van der Waals surface area contributed by atoms with E-state index in [0.717, 1.165) is 12.8 Å². The summed E-state index contributed by atoms with van der Waals surface area (Å²) >= 11 is 0. The molecule has 21 heavy (non-hydrogen) atoms. The van der Waals surface area contributed by atoms with Crippen molar-refractivity contribution >= 4 is 0 Å². The Balaban J connectivity index is 1.58. The molecule has 2 N–H and O–H groups in total. The molecule has 2 nitrogen and oxygen atoms in total. The lowest BCUT2D eigenvalue weighted by Crippen LogP contribution is -2.32. The number of hydrogen-bond donors (Lipinski definition) is 2. The largest absolute Gasteiger partial charge is 0.388 e. The zero-order chi connectivity index (χ0) is 14.7. The molecule has 3 atom stereocenters. The fraction of sp³-hybridized carbons (Fsp3) is 0.333. The fourth-order valence-corrected chi connectivity index (χ4v) is 2.99. The highest BCUT2D eigenvalue weighted by Gasteiger charge is 2.25. The van der Waals surface area contributed by atoms with Gasteiger partial charge < -0.3 is 10.4 Å². The van der Waals surface area contributed by atoms with Gasteiger partial charge in [0.2, 0.25) is 0 Å². The average Bonchev–Trinajstić information content (AvgIpc) is 2.96. The highest BCUT2D eigenvalue weighted by atomic mass is 19.1. The van der Waals surface area contributed by atoms with Crippen LogP contribution in [0.4, 0.5) is 4.39 Å². The van der Waals surface area contributed by atoms with E-state index in [1.807, 2.05) is 18.2 Å². The van der Waals surface area contributed by atoms with Crippen LogP contribution in [-0.2, 0) is 6.42 Å². The molecule has 0 radical (unpaired) electrons. The normalized spacial score (nSPS) is 20.0. The van der Waals surface area contributed by atoms with Gasteiger partial charge in [0.1, 0.15) is 6.10 Å². The summed E-state index contributed by atoms with van der Waals surface area (Å²) in [5.41, 5.74) is 3.16. The summed E-state index contributed by atoms with van der Waals surface area (Å²) in [4.78, 5) is 0. The minimum absolute atomic E-state index is 0.221. The van der Waals surface area contributed by atoms with Crippen molar-refractivity contribution in [2.75, 3.05) is 6.54 Å². The van der Waals surface area contributed by atoms with Gasteiger partial charge in [0.25, 0.3) is 0 Å². The van der Waals surface area contributed by atoms with Crippen LogP contribution in [0.25, 0.3) is 0 Å². The third-order valence-corrected chi connectivity index (χ3v) is 4.16. The van der Waals surface area contributed by atoms with E-state index in [9.17, 15) is 9.50 Å². The number of rotatable bonds is 5. The van der Waals surface area contributed by atoms with Crippen LogP contribution in [-0.4, -0.2) is 17.8 Å². The summed E-state index contributed by atoms with van der Waals surface area (Å²) < 4.78 is 14.2. The number of alkyl halides is 1. The van der Waals surface area contributed by atoms with Gasteiger partial charge in [-0.3, -0.25) is 0 Å². The number of halogens is 1. The lowest BCUT2D eigenvalue weighted by molar-refractivity contribution is 0.0745. The first-order valence-electron chi connectivity index (χ1n) is 7.44. The minimum atomic E-state index is -1.35. The van der Waals surface area contributed by atoms with Gasteiger partial charge in [0.15, 0.2) is 6.17 Å². The molecule has 1 aliphatic rings. The van der Waals surface area contributed by atoms with Crippen molar-refractivity contribution in [2.24, 2.45) is 0 Å². The summed E-state index contributed by atoms with van der Waals surface area (Å²) in [7, 11) is 0. The van der Waals surface area contributed by atoms with Crippen molar-refractivity contribution < 1.29 is 9.50 Å². The molecule has 3 heteroatoms. The first kappa shape index (κ1) is 14.2. The molecule has 0 aromatic heterocycles. The van der Waals surface area contributed by atoms with Crippen molar-refractivity contribution in [2.45, 2.75) is 31.2 Å². The van der Waals surface area contributed by atoms with Crippen LogP contribution in [0, 0.1) is 0 Å². The maximum absolute atomic E-state index is 14.2. The number of nitrogens with one attached hydrogen (secondary N) is 1. The van der Waals surface area contributed by atoms with Crippen molar-refractivity contribution in [3.63, 3.8) is 0 Å². The predicted octanol–water partition coefficient (Wildman–Crippen LogP) is 3.34. The Bertz CT molecular complexity index is 587. The van der Waals surface area contributed by atoms with Crippen LogP contribution in [0.1, 0.15) is 35.3 Å². The maximum Gasteiger partial charge on any atom is 0.152 e. The quantitative estimate of drug-likeness (QED) is 0.883. The zero-order valence-electron chi connectivity index (χ0n) is 11.9. The molecule has 2 aromatic rings. The van der Waals surface area contributed by atoms with Crippen LogP contribution in [0.5, 0.6) is 0 Å². The smallest absolute Gasteiger partial charge is 0.152 e. The van der Waals surface area contributed by atoms with E-state index in [-0.39, 0.29) is 12.6 Å². The highest BCUT2D eigenvalue weighted by molar-refractivity contribution is 5.34. The molecule has 0 fully saturated rings. The van der Waals surface area contributed by atoms with Crippen molar-refractivity contribution in [1.29, 1.82) is 0 Å². The first-order valence-corrected chi connectivity index (χ1v) is 7.44. The molecule has 0 aliphatic heterocycles. The Morgan fingerprint density at radius 2 is 1.81 bits per heavy atom. The van der Waals surface area contributed by atoms with E-state index in [4.69, 9.17) is 0 Å². The Labute approximate surface area is 124 Å². The SMILES string of the molecule is O[C@@H](CN[C@@H]1CCc2ccccc21)[C@H](F)c1ccccc1. The summed E-state index contributed by atoms with van der Waals surface area (Å²) in [5.74, 6) is 0. The molecule has 110 valence electrons. The molecular formula is C18H20FNO. The number of aliphatic hydroxyl groups is 1. The third kappa shape index (κ3) is 3.14. The van der Waals surface area contributed by atoms with E-state index < -0.39 is 12.3 Å². The van der Waals surface area contributed by atoms with Gasteiger partial charge in [-0.15, -0.1) is 0 Å². The van der Waals surface area contributed by atoms with E-state index in [1.165, 1.54) is 11.1 Å². The third-order valence-electron chi connectivity index (χ3n) is 4.16. The predicted molar refractivity (Wildman–Crippen MR) is 81.8 cm³/mol. The lowest BCUT2D eigenvalue weighted by Gasteiger charge is -2.20. The minimum Gasteiger partial charge on any atom is -0.388 e. The standard InChI is InChI=1S/C18H20FNO/c19-18(14-7-2-1-3-8-14)17(21)12-20-16-11-10-13-6-4-5-9-15(13)16/h1-9,16-18,20-21H,10-12H2/t16-,17+,18-/m1/s1. The molecule has 2 aromatic carbocycles. The van der Waals surface area contributed by atoms with Crippen molar-refractivity contribution in [3.05, 3.63) is 71.3 Å². The summed E-state index contributed by atoms with van der Waals surface area (Å²) in [6, 6.07) is 17.4. The molecule has 0 saturated heterocycles. The summed E-state index contributed by atoms with van der Waals surface area (Å²) in [6.07, 6.45) is -0.328. The van der Waals surface area contributed by atoms with Gasteiger partial charge in [0.05, 0.1) is 0 Å². The number of aliphatic hydroxyl groups excluding tert-OH is 1. The van der Waals surface area contributed by atoms with E-state index >= 15 is 0 Å². The van der Waals surface area contributed by atoms with Crippen molar-refractivity contribution in [1.82, 2.24) is 5.32 Å². The number of aryl methyl sites for hydroxylation is 1. The molecular weight excluding hydrogens is 265 g/mol. The van der Waals surface area contributed by atoms with Gasteiger partial charge in [-0.25, -0.2) is 4.39 Å². The Morgan fingerprint density at radius 3 is 2.62 bits per heavy atom. The average molecular weight is 285 g/mol. The molecule has 0 spiro atoms. The van der Waals surface area contributed by atoms with Crippen molar-refractivity contribution in [3.8, 4) is 0 Å². The summed E-state index contributed by atoms with van der Waals surface area (Å²) in [6.45, 7) is 0.259. The molecule has 0 amide bonds. The van der Waals surface area contributed by atoms with Crippen LogP contribution >= 0.6 is 0 Å². The fourth-order valence-electron chi connectivity index (χ4n) is 2.99. The van der Waals surface area contributed by atoms with Crippen LogP contribution in [0.2, 0.25) is 0 Å². The molecule has 0 heterocycles. The number of hydrogen-bond acceptors (Lipinski definition) is 2. The molecule has 3 rings (SSSR count). The van der Waals surface area contributed by atoms with E-state index in [0.29, 0.717) is 5.56 Å². The second kappa shape index (κ2) is 6.37. The van der Waals surface area contributed by atoms with Crippen LogP contribution in [0.3, 0.4) is 0 Å². The zero-order valence-corrected chi connectivity index (χ0v) is 11.9. The topological polar surface area (TPSA) is 32.3 Å². The Hall–Kier alpha value is -1.71. The molecule has 0 unspecified atom stereocenters. The molecule has 0 saturated carbocycles. The Kier molecular flexibility index (Phi) is 4.32. The molecule has 0 bridgehead atoms. The van der Waals surface area contributed by atoms with E-state index in [1.54, 1.807) is 24.3 Å². The first-order chi connectivity index (χ1) is 10.3. The van der Waals surface area contributed by atoms with Gasteiger partial charge in [-0.1, -0.05) is 54.6 Å². The lowest BCUT2D eigenvalue weighted by atomic mass is 10.0. The maximum atomic E-state index is 14.2. The molecule has 1 aliphatic carbocycles. The van der Waals surface area contributed by atoms with Crippen LogP contribution < -0.4 is 5.32 Å². The van der Waals surface area contributed by atoms with Gasteiger partial charge in [0, 0.05) is 12.6 Å². The van der Waals surface area contributed by atoms with Gasteiger partial charge in [-0.05, 0) is 29.5 Å². The second-order valence-electron chi connectivity index (χ2n) is 5.58. The number of fused-ring (bicyclic) bond motifs is 1. The number of benzene rings is 2. The van der Waals surface area contributed by atoms with Crippen LogP contribution in [0.15, 0.2) is 54.6 Å². The Morgan fingerprint density at radius 1 is 1.10 bits per heavy atom. The monoisotopic (exact) mass is 285 g/mol. The highest BCUT2D eigenvalue weighted by Crippen LogP contribution is 2.31.